The molecule has 0 spiro atoms. The molecule has 5 nitrogen and oxygen atoms in total. The van der Waals surface area contributed by atoms with Crippen LogP contribution in [0, 0.1) is 0 Å². The first-order valence-corrected chi connectivity index (χ1v) is 7.47. The van der Waals surface area contributed by atoms with Gasteiger partial charge in [0, 0.05) is 29.2 Å². The van der Waals surface area contributed by atoms with Crippen LogP contribution in [-0.2, 0) is 4.74 Å². The van der Waals surface area contributed by atoms with Crippen LogP contribution < -0.4 is 10.2 Å². The predicted molar refractivity (Wildman–Crippen MR) is 81.9 cm³/mol. The van der Waals surface area contributed by atoms with Crippen LogP contribution in [0.3, 0.4) is 0 Å². The van der Waals surface area contributed by atoms with E-state index in [0.29, 0.717) is 6.54 Å². The highest BCUT2D eigenvalue weighted by Crippen LogP contribution is 2.23. The third kappa shape index (κ3) is 4.37. The average Bonchev–Trinajstić information content (AvgIpc) is 2.74. The Hall–Kier alpha value is -1.30. The van der Waals surface area contributed by atoms with Gasteiger partial charge in [-0.05, 0) is 42.8 Å². The fourth-order valence-corrected chi connectivity index (χ4v) is 2.47. The third-order valence-corrected chi connectivity index (χ3v) is 3.39. The number of aromatic nitrogens is 1. The predicted octanol–water partition coefficient (Wildman–Crippen LogP) is 2.95. The van der Waals surface area contributed by atoms with Crippen LogP contribution in [0.25, 0.3) is 0 Å². The van der Waals surface area contributed by atoms with Gasteiger partial charge in [0.15, 0.2) is 0 Å². The Balaban J connectivity index is 1.88. The Labute approximate surface area is 127 Å². The van der Waals surface area contributed by atoms with Crippen LogP contribution in [-0.4, -0.2) is 35.8 Å². The number of rotatable bonds is 2. The van der Waals surface area contributed by atoms with Crippen molar-refractivity contribution in [3.8, 4) is 0 Å². The molecular formula is C14H20BrN3O2. The van der Waals surface area contributed by atoms with Gasteiger partial charge in [-0.15, -0.1) is 0 Å². The summed E-state index contributed by atoms with van der Waals surface area (Å²) in [7, 11) is 0. The van der Waals surface area contributed by atoms with E-state index in [1.807, 2.05) is 33.0 Å². The Morgan fingerprint density at radius 3 is 2.90 bits per heavy atom. The van der Waals surface area contributed by atoms with Crippen molar-refractivity contribution in [2.45, 2.75) is 38.8 Å². The number of nitrogens with zero attached hydrogens (tertiary/aromatic N) is 2. The minimum atomic E-state index is -0.350. The summed E-state index contributed by atoms with van der Waals surface area (Å²) in [5.74, 6) is 0. The number of hydrogen-bond donors (Lipinski definition) is 1. The summed E-state index contributed by atoms with van der Waals surface area (Å²) in [6.07, 6.45) is 3.99. The van der Waals surface area contributed by atoms with E-state index in [1.54, 1.807) is 6.20 Å². The quantitative estimate of drug-likeness (QED) is 0.898. The highest BCUT2D eigenvalue weighted by atomic mass is 79.9. The van der Waals surface area contributed by atoms with Gasteiger partial charge in [-0.3, -0.25) is 4.98 Å². The summed E-state index contributed by atoms with van der Waals surface area (Å²) in [6, 6.07) is 2.02. The Morgan fingerprint density at radius 1 is 1.50 bits per heavy atom. The van der Waals surface area contributed by atoms with E-state index in [2.05, 4.69) is 31.1 Å². The molecule has 2 heterocycles. The SMILES string of the molecule is CC(C)(C)NC(=O)O[C@H]1CCN(c2cncc(Br)c2)C1. The molecule has 1 aliphatic rings. The van der Waals surface area contributed by atoms with Gasteiger partial charge in [0.2, 0.25) is 0 Å². The molecule has 0 bridgehead atoms. The van der Waals surface area contributed by atoms with Gasteiger partial charge < -0.3 is 15.0 Å². The van der Waals surface area contributed by atoms with Gasteiger partial charge in [0.25, 0.3) is 0 Å². The van der Waals surface area contributed by atoms with Crippen LogP contribution in [0.5, 0.6) is 0 Å². The largest absolute Gasteiger partial charge is 0.444 e. The number of pyridine rings is 1. The molecule has 1 atom stereocenters. The molecule has 1 aromatic rings. The topological polar surface area (TPSA) is 54.5 Å². The first-order chi connectivity index (χ1) is 9.33. The van der Waals surface area contributed by atoms with Gasteiger partial charge in [-0.2, -0.15) is 0 Å². The maximum atomic E-state index is 11.7. The van der Waals surface area contributed by atoms with E-state index in [9.17, 15) is 4.79 Å². The molecule has 20 heavy (non-hydrogen) atoms. The van der Waals surface area contributed by atoms with Crippen LogP contribution in [0.15, 0.2) is 22.9 Å². The zero-order valence-corrected chi connectivity index (χ0v) is 13.6. The lowest BCUT2D eigenvalue weighted by Crippen LogP contribution is -2.42. The second-order valence-electron chi connectivity index (χ2n) is 6.00. The lowest BCUT2D eigenvalue weighted by molar-refractivity contribution is 0.101. The summed E-state index contributed by atoms with van der Waals surface area (Å²) in [4.78, 5) is 18.1. The number of halogens is 1. The maximum absolute atomic E-state index is 11.7. The van der Waals surface area contributed by atoms with Gasteiger partial charge in [0.1, 0.15) is 6.10 Å². The lowest BCUT2D eigenvalue weighted by atomic mass is 10.1. The highest BCUT2D eigenvalue weighted by Gasteiger charge is 2.27. The Bertz CT molecular complexity index is 488. The second kappa shape index (κ2) is 5.99. The molecule has 6 heteroatoms. The highest BCUT2D eigenvalue weighted by molar-refractivity contribution is 9.10. The van der Waals surface area contributed by atoms with Gasteiger partial charge in [-0.25, -0.2) is 4.79 Å². The van der Waals surface area contributed by atoms with E-state index >= 15 is 0 Å². The number of ether oxygens (including phenoxy) is 1. The molecular weight excluding hydrogens is 322 g/mol. The van der Waals surface area contributed by atoms with Crippen LogP contribution in [0.4, 0.5) is 10.5 Å². The number of carbonyl (C=O) groups is 1. The maximum Gasteiger partial charge on any atom is 0.407 e. The molecule has 1 aromatic heterocycles. The van der Waals surface area contributed by atoms with Crippen molar-refractivity contribution in [2.24, 2.45) is 0 Å². The molecule has 1 N–H and O–H groups in total. The number of alkyl carbamates (subject to hydrolysis) is 1. The lowest BCUT2D eigenvalue weighted by Gasteiger charge is -2.22. The van der Waals surface area contributed by atoms with Gasteiger partial charge in [0.05, 0.1) is 18.4 Å². The fourth-order valence-electron chi connectivity index (χ4n) is 2.12. The smallest absolute Gasteiger partial charge is 0.407 e. The average molecular weight is 342 g/mol. The van der Waals surface area contributed by atoms with Crippen molar-refractivity contribution in [1.82, 2.24) is 10.3 Å². The van der Waals surface area contributed by atoms with E-state index in [-0.39, 0.29) is 17.7 Å². The number of carbonyl (C=O) groups excluding carboxylic acids is 1. The minimum Gasteiger partial charge on any atom is -0.444 e. The molecule has 1 amide bonds. The van der Waals surface area contributed by atoms with E-state index in [4.69, 9.17) is 4.74 Å². The molecule has 1 fully saturated rings. The third-order valence-electron chi connectivity index (χ3n) is 2.95. The zero-order chi connectivity index (χ0) is 14.8. The molecule has 1 aliphatic heterocycles. The summed E-state index contributed by atoms with van der Waals surface area (Å²) in [5, 5.41) is 2.81. The molecule has 0 aliphatic carbocycles. The fraction of sp³-hybridized carbons (Fsp3) is 0.571. The first kappa shape index (κ1) is 15.1. The van der Waals surface area contributed by atoms with Crippen molar-refractivity contribution >= 4 is 27.7 Å². The first-order valence-electron chi connectivity index (χ1n) is 6.68. The zero-order valence-electron chi connectivity index (χ0n) is 12.0. The summed E-state index contributed by atoms with van der Waals surface area (Å²) < 4.78 is 6.39. The van der Waals surface area contributed by atoms with Crippen molar-refractivity contribution < 1.29 is 9.53 Å². The summed E-state index contributed by atoms with van der Waals surface area (Å²) in [5.41, 5.74) is 0.769. The molecule has 0 radical (unpaired) electrons. The van der Waals surface area contributed by atoms with E-state index in [1.165, 1.54) is 0 Å². The number of amides is 1. The molecule has 2 rings (SSSR count). The number of anilines is 1. The van der Waals surface area contributed by atoms with Crippen LogP contribution >= 0.6 is 15.9 Å². The number of hydrogen-bond acceptors (Lipinski definition) is 4. The normalized spacial score (nSPS) is 19.0. The Morgan fingerprint density at radius 2 is 2.25 bits per heavy atom. The van der Waals surface area contributed by atoms with Gasteiger partial charge >= 0.3 is 6.09 Å². The monoisotopic (exact) mass is 341 g/mol. The van der Waals surface area contributed by atoms with E-state index in [0.717, 1.165) is 23.1 Å². The summed E-state index contributed by atoms with van der Waals surface area (Å²) in [6.45, 7) is 7.37. The van der Waals surface area contributed by atoms with Gasteiger partial charge in [-0.1, -0.05) is 0 Å². The Kier molecular flexibility index (Phi) is 4.52. The molecule has 1 saturated heterocycles. The summed E-state index contributed by atoms with van der Waals surface area (Å²) >= 11 is 3.41. The number of nitrogens with one attached hydrogen (secondary N) is 1. The van der Waals surface area contributed by atoms with Crippen molar-refractivity contribution in [3.05, 3.63) is 22.9 Å². The molecule has 0 unspecified atom stereocenters. The van der Waals surface area contributed by atoms with Crippen LogP contribution in [0.1, 0.15) is 27.2 Å². The minimum absolute atomic E-state index is 0.0728. The van der Waals surface area contributed by atoms with Crippen molar-refractivity contribution in [3.63, 3.8) is 0 Å². The van der Waals surface area contributed by atoms with Crippen LogP contribution in [0.2, 0.25) is 0 Å². The van der Waals surface area contributed by atoms with E-state index < -0.39 is 0 Å². The van der Waals surface area contributed by atoms with Crippen molar-refractivity contribution in [2.75, 3.05) is 18.0 Å². The second-order valence-corrected chi connectivity index (χ2v) is 6.91. The molecule has 110 valence electrons. The van der Waals surface area contributed by atoms with Crippen molar-refractivity contribution in [1.29, 1.82) is 0 Å². The molecule has 0 saturated carbocycles. The standard InChI is InChI=1S/C14H20BrN3O2/c1-14(2,3)17-13(19)20-12-4-5-18(9-12)11-6-10(15)7-16-8-11/h6-8,12H,4-5,9H2,1-3H3,(H,17,19)/t12-/m0/s1. The molecule has 0 aromatic carbocycles.